The number of nitrogen functional groups attached to an aromatic ring is 1. The van der Waals surface area contributed by atoms with E-state index in [0.29, 0.717) is 10.7 Å². The number of nitrogens with two attached hydrogens (primary N) is 1. The highest BCUT2D eigenvalue weighted by molar-refractivity contribution is 6.35. The number of benzene rings is 1. The van der Waals surface area contributed by atoms with Gasteiger partial charge in [-0.1, -0.05) is 17.7 Å². The number of hydrogen-bond donors (Lipinski definition) is 1. The van der Waals surface area contributed by atoms with Gasteiger partial charge in [0.1, 0.15) is 0 Å². The molecule has 1 heterocycles. The molecule has 0 bridgehead atoms. The zero-order chi connectivity index (χ0) is 8.55. The molecule has 1 aromatic heterocycles. The second kappa shape index (κ2) is 2.64. The minimum atomic E-state index is 0.635. The molecule has 2 aromatic rings. The van der Waals surface area contributed by atoms with E-state index in [4.69, 9.17) is 17.3 Å². The normalized spacial score (nSPS) is 10.4. The number of anilines is 1. The summed E-state index contributed by atoms with van der Waals surface area (Å²) in [6.45, 7) is 0. The third-order valence-electron chi connectivity index (χ3n) is 1.69. The lowest BCUT2D eigenvalue weighted by molar-refractivity contribution is 1.41. The highest BCUT2D eigenvalue weighted by atomic mass is 35.5. The summed E-state index contributed by atoms with van der Waals surface area (Å²) in [4.78, 5) is 4.13. The van der Waals surface area contributed by atoms with Gasteiger partial charge in [-0.3, -0.25) is 4.98 Å². The minimum Gasteiger partial charge on any atom is -0.397 e. The maximum absolute atomic E-state index is 5.93. The van der Waals surface area contributed by atoms with Gasteiger partial charge in [-0.25, -0.2) is 0 Å². The lowest BCUT2D eigenvalue weighted by Gasteiger charge is -1.99. The van der Waals surface area contributed by atoms with Crippen LogP contribution in [0.1, 0.15) is 0 Å². The standard InChI is InChI=1S/C9H7ClN2/c10-8-2-1-3-9-7(8)4-6(11)5-12-9/h1-5H,11H2. The van der Waals surface area contributed by atoms with E-state index in [1.54, 1.807) is 6.20 Å². The van der Waals surface area contributed by atoms with Gasteiger partial charge in [-0.2, -0.15) is 0 Å². The molecule has 0 aliphatic heterocycles. The molecule has 0 aliphatic carbocycles. The van der Waals surface area contributed by atoms with Crippen LogP contribution in [-0.2, 0) is 0 Å². The van der Waals surface area contributed by atoms with Gasteiger partial charge in [-0.15, -0.1) is 0 Å². The van der Waals surface area contributed by atoms with E-state index in [2.05, 4.69) is 4.98 Å². The smallest absolute Gasteiger partial charge is 0.0718 e. The van der Waals surface area contributed by atoms with Crippen LogP contribution in [-0.4, -0.2) is 4.98 Å². The molecule has 60 valence electrons. The van der Waals surface area contributed by atoms with Gasteiger partial charge in [0.25, 0.3) is 0 Å². The Hall–Kier alpha value is -1.28. The van der Waals surface area contributed by atoms with Crippen molar-refractivity contribution in [2.24, 2.45) is 0 Å². The van der Waals surface area contributed by atoms with E-state index < -0.39 is 0 Å². The molecule has 0 radical (unpaired) electrons. The largest absolute Gasteiger partial charge is 0.397 e. The molecule has 12 heavy (non-hydrogen) atoms. The molecule has 0 atom stereocenters. The summed E-state index contributed by atoms with van der Waals surface area (Å²) in [5.74, 6) is 0. The average molecular weight is 179 g/mol. The number of pyridine rings is 1. The Labute approximate surface area is 75.0 Å². The van der Waals surface area contributed by atoms with Crippen molar-refractivity contribution in [2.45, 2.75) is 0 Å². The van der Waals surface area contributed by atoms with E-state index in [9.17, 15) is 0 Å². The van der Waals surface area contributed by atoms with Gasteiger partial charge < -0.3 is 5.73 Å². The van der Waals surface area contributed by atoms with Gasteiger partial charge in [0.05, 0.1) is 22.4 Å². The van der Waals surface area contributed by atoms with E-state index in [-0.39, 0.29) is 0 Å². The van der Waals surface area contributed by atoms with Crippen molar-refractivity contribution >= 4 is 28.2 Å². The van der Waals surface area contributed by atoms with Gasteiger partial charge in [0.2, 0.25) is 0 Å². The predicted molar refractivity (Wildman–Crippen MR) is 51.2 cm³/mol. The number of fused-ring (bicyclic) bond motifs is 1. The molecule has 0 saturated heterocycles. The van der Waals surface area contributed by atoms with Crippen LogP contribution >= 0.6 is 11.6 Å². The number of hydrogen-bond acceptors (Lipinski definition) is 2. The molecule has 2 nitrogen and oxygen atoms in total. The Morgan fingerprint density at radius 3 is 3.00 bits per heavy atom. The van der Waals surface area contributed by atoms with Crippen molar-refractivity contribution in [3.05, 3.63) is 35.5 Å². The molecule has 3 heteroatoms. The molecule has 0 unspecified atom stereocenters. The fourth-order valence-electron chi connectivity index (χ4n) is 1.13. The monoisotopic (exact) mass is 178 g/mol. The van der Waals surface area contributed by atoms with Crippen LogP contribution in [0, 0.1) is 0 Å². The molecule has 0 fully saturated rings. The number of halogens is 1. The van der Waals surface area contributed by atoms with Crippen LogP contribution in [0.25, 0.3) is 10.9 Å². The zero-order valence-corrected chi connectivity index (χ0v) is 7.05. The summed E-state index contributed by atoms with van der Waals surface area (Å²) in [5.41, 5.74) is 7.08. The van der Waals surface area contributed by atoms with Crippen molar-refractivity contribution < 1.29 is 0 Å². The first kappa shape index (κ1) is 7.37. The molecule has 2 rings (SSSR count). The van der Waals surface area contributed by atoms with Crippen molar-refractivity contribution in [3.8, 4) is 0 Å². The summed E-state index contributed by atoms with van der Waals surface area (Å²) in [6, 6.07) is 7.42. The second-order valence-electron chi connectivity index (χ2n) is 2.58. The summed E-state index contributed by atoms with van der Waals surface area (Å²) in [7, 11) is 0. The van der Waals surface area contributed by atoms with E-state index in [1.165, 1.54) is 0 Å². The van der Waals surface area contributed by atoms with Crippen molar-refractivity contribution in [3.63, 3.8) is 0 Å². The predicted octanol–water partition coefficient (Wildman–Crippen LogP) is 2.47. The van der Waals surface area contributed by atoms with Crippen LogP contribution in [0.15, 0.2) is 30.5 Å². The van der Waals surface area contributed by atoms with Crippen LogP contribution in [0.4, 0.5) is 5.69 Å². The summed E-state index contributed by atoms with van der Waals surface area (Å²) in [5, 5.41) is 1.59. The van der Waals surface area contributed by atoms with Crippen LogP contribution in [0.5, 0.6) is 0 Å². The molecule has 0 spiro atoms. The Morgan fingerprint density at radius 2 is 2.17 bits per heavy atom. The van der Waals surface area contributed by atoms with E-state index >= 15 is 0 Å². The Bertz CT molecular complexity index is 426. The van der Waals surface area contributed by atoms with Gasteiger partial charge in [0.15, 0.2) is 0 Å². The lowest BCUT2D eigenvalue weighted by Crippen LogP contribution is -1.86. The van der Waals surface area contributed by atoms with Crippen LogP contribution in [0.2, 0.25) is 5.02 Å². The zero-order valence-electron chi connectivity index (χ0n) is 6.29. The topological polar surface area (TPSA) is 38.9 Å². The first-order chi connectivity index (χ1) is 5.77. The second-order valence-corrected chi connectivity index (χ2v) is 2.98. The molecule has 1 aromatic carbocycles. The molecule has 0 aliphatic rings. The van der Waals surface area contributed by atoms with Crippen molar-refractivity contribution in [1.82, 2.24) is 4.98 Å². The number of nitrogens with zero attached hydrogens (tertiary/aromatic N) is 1. The van der Waals surface area contributed by atoms with Crippen molar-refractivity contribution in [2.75, 3.05) is 5.73 Å². The summed E-state index contributed by atoms with van der Waals surface area (Å²) < 4.78 is 0. The third-order valence-corrected chi connectivity index (χ3v) is 2.02. The van der Waals surface area contributed by atoms with E-state index in [0.717, 1.165) is 10.9 Å². The fraction of sp³-hybridized carbons (Fsp3) is 0. The fourth-order valence-corrected chi connectivity index (χ4v) is 1.35. The van der Waals surface area contributed by atoms with E-state index in [1.807, 2.05) is 24.3 Å². The maximum Gasteiger partial charge on any atom is 0.0718 e. The number of rotatable bonds is 0. The SMILES string of the molecule is Nc1cnc2cccc(Cl)c2c1. The Balaban J connectivity index is 2.88. The highest BCUT2D eigenvalue weighted by Crippen LogP contribution is 2.22. The maximum atomic E-state index is 5.93. The molecular weight excluding hydrogens is 172 g/mol. The summed E-state index contributed by atoms with van der Waals surface area (Å²) in [6.07, 6.45) is 1.62. The first-order valence-electron chi connectivity index (χ1n) is 3.57. The lowest BCUT2D eigenvalue weighted by atomic mass is 10.2. The third kappa shape index (κ3) is 1.10. The number of aromatic nitrogens is 1. The van der Waals surface area contributed by atoms with Crippen LogP contribution in [0.3, 0.4) is 0 Å². The van der Waals surface area contributed by atoms with Crippen molar-refractivity contribution in [1.29, 1.82) is 0 Å². The van der Waals surface area contributed by atoms with Crippen LogP contribution < -0.4 is 5.73 Å². The average Bonchev–Trinajstić information content (AvgIpc) is 2.07. The Kier molecular flexibility index (Phi) is 1.62. The Morgan fingerprint density at radius 1 is 1.33 bits per heavy atom. The quantitative estimate of drug-likeness (QED) is 0.673. The molecular formula is C9H7ClN2. The molecule has 0 amide bonds. The summed E-state index contributed by atoms with van der Waals surface area (Å²) >= 11 is 5.93. The first-order valence-corrected chi connectivity index (χ1v) is 3.95. The van der Waals surface area contributed by atoms with Gasteiger partial charge in [-0.05, 0) is 18.2 Å². The van der Waals surface area contributed by atoms with Gasteiger partial charge >= 0.3 is 0 Å². The molecule has 2 N–H and O–H groups in total. The minimum absolute atomic E-state index is 0.635. The molecule has 0 saturated carbocycles. The highest BCUT2D eigenvalue weighted by Gasteiger charge is 1.98. The van der Waals surface area contributed by atoms with Gasteiger partial charge in [0, 0.05) is 5.39 Å².